The second-order valence-electron chi connectivity index (χ2n) is 11.9. The number of carbonyl (C=O) groups is 2. The predicted molar refractivity (Wildman–Crippen MR) is 138 cm³/mol. The van der Waals surface area contributed by atoms with E-state index in [0.29, 0.717) is 5.92 Å². The van der Waals surface area contributed by atoms with Gasteiger partial charge >= 0.3 is 12.2 Å². The molecule has 0 aliphatic heterocycles. The quantitative estimate of drug-likeness (QED) is 0.431. The van der Waals surface area contributed by atoms with Crippen molar-refractivity contribution in [2.75, 3.05) is 19.5 Å². The minimum absolute atomic E-state index is 0.0201. The molecule has 0 aromatic heterocycles. The number of nitrogens with one attached hydrogen (secondary N) is 2. The second-order valence-corrected chi connectivity index (χ2v) is 13.6. The van der Waals surface area contributed by atoms with E-state index in [4.69, 9.17) is 18.8 Å². The zero-order valence-corrected chi connectivity index (χ0v) is 23.9. The summed E-state index contributed by atoms with van der Waals surface area (Å²) in [7, 11) is -3.40. The fourth-order valence-corrected chi connectivity index (χ4v) is 4.77. The summed E-state index contributed by atoms with van der Waals surface area (Å²) in [6.07, 6.45) is 7.69. The first-order chi connectivity index (χ1) is 16.5. The van der Waals surface area contributed by atoms with Gasteiger partial charge in [0.1, 0.15) is 11.2 Å². The van der Waals surface area contributed by atoms with Crippen molar-refractivity contribution in [1.29, 1.82) is 0 Å². The highest BCUT2D eigenvalue weighted by molar-refractivity contribution is 7.85. The minimum Gasteiger partial charge on any atom is -0.444 e. The van der Waals surface area contributed by atoms with Crippen LogP contribution in [0.2, 0.25) is 0 Å². The standard InChI is InChI=1S/C13H25NO5S.C12H23NO3/c1-13(2,3)19-12(15)14-11-7-5-6-10(8-11)9-18-20(4,16)17;1-12(2,3)16-11(15)13-10-6-4-5-9(7-10)8-14/h10-11H,5-9H2,1-4H3,(H,14,15);9-10,14H,4-8H2,1-3H3,(H,13,15). The van der Waals surface area contributed by atoms with Crippen LogP contribution in [0.15, 0.2) is 0 Å². The van der Waals surface area contributed by atoms with Gasteiger partial charge in [-0.3, -0.25) is 4.18 Å². The van der Waals surface area contributed by atoms with Crippen LogP contribution < -0.4 is 10.6 Å². The van der Waals surface area contributed by atoms with Crippen LogP contribution in [0.25, 0.3) is 0 Å². The van der Waals surface area contributed by atoms with E-state index in [1.165, 1.54) is 0 Å². The van der Waals surface area contributed by atoms with Crippen molar-refractivity contribution in [3.63, 3.8) is 0 Å². The molecule has 0 saturated heterocycles. The van der Waals surface area contributed by atoms with Crippen molar-refractivity contribution in [2.45, 2.75) is 116 Å². The Labute approximate surface area is 217 Å². The van der Waals surface area contributed by atoms with Crippen LogP contribution in [-0.4, -0.2) is 68.5 Å². The highest BCUT2D eigenvalue weighted by Gasteiger charge is 2.27. The van der Waals surface area contributed by atoms with Crippen LogP contribution in [0.1, 0.15) is 92.9 Å². The number of carbonyl (C=O) groups excluding carboxylic acids is 2. The van der Waals surface area contributed by atoms with Gasteiger partial charge in [-0.25, -0.2) is 9.59 Å². The lowest BCUT2D eigenvalue weighted by Crippen LogP contribution is -2.42. The maximum atomic E-state index is 11.7. The summed E-state index contributed by atoms with van der Waals surface area (Å²) >= 11 is 0. The molecule has 0 bridgehead atoms. The van der Waals surface area contributed by atoms with Crippen molar-refractivity contribution < 1.29 is 36.8 Å². The molecular weight excluding hydrogens is 488 g/mol. The van der Waals surface area contributed by atoms with Crippen LogP contribution in [0.3, 0.4) is 0 Å². The van der Waals surface area contributed by atoms with Crippen LogP contribution in [0, 0.1) is 11.8 Å². The molecule has 2 amide bonds. The summed E-state index contributed by atoms with van der Waals surface area (Å²) in [5.74, 6) is 0.479. The molecule has 4 atom stereocenters. The molecule has 2 aliphatic carbocycles. The Morgan fingerprint density at radius 1 is 0.806 bits per heavy atom. The van der Waals surface area contributed by atoms with Crippen LogP contribution in [-0.2, 0) is 23.8 Å². The molecule has 212 valence electrons. The molecule has 36 heavy (non-hydrogen) atoms. The van der Waals surface area contributed by atoms with Gasteiger partial charge in [-0.2, -0.15) is 8.42 Å². The van der Waals surface area contributed by atoms with Crippen LogP contribution >= 0.6 is 0 Å². The molecule has 0 spiro atoms. The molecule has 0 heterocycles. The highest BCUT2D eigenvalue weighted by Crippen LogP contribution is 2.26. The maximum absolute atomic E-state index is 11.7. The number of alkyl carbamates (subject to hydrolysis) is 2. The van der Waals surface area contributed by atoms with Gasteiger partial charge in [-0.05, 0) is 91.9 Å². The predicted octanol–water partition coefficient (Wildman–Crippen LogP) is 4.11. The van der Waals surface area contributed by atoms with Gasteiger partial charge in [-0.15, -0.1) is 0 Å². The molecule has 0 aromatic carbocycles. The SMILES string of the molecule is CC(C)(C)OC(=O)NC1CCCC(CO)C1.CC(C)(C)OC(=O)NC1CCCC(COS(C)(=O)=O)C1. The van der Waals surface area contributed by atoms with Crippen molar-refractivity contribution in [1.82, 2.24) is 10.6 Å². The Morgan fingerprint density at radius 3 is 1.61 bits per heavy atom. The third-order valence-electron chi connectivity index (χ3n) is 5.78. The first-order valence-electron chi connectivity index (χ1n) is 12.9. The first kappa shape index (κ1) is 32.4. The molecular formula is C25H48N2O8S. The third-order valence-corrected chi connectivity index (χ3v) is 6.35. The van der Waals surface area contributed by atoms with Gasteiger partial charge < -0.3 is 25.2 Å². The average Bonchev–Trinajstić information content (AvgIpc) is 2.70. The molecule has 0 aromatic rings. The fraction of sp³-hybridized carbons (Fsp3) is 0.920. The summed E-state index contributed by atoms with van der Waals surface area (Å²) in [5.41, 5.74) is -0.966. The van der Waals surface area contributed by atoms with Crippen molar-refractivity contribution in [3.8, 4) is 0 Å². The van der Waals surface area contributed by atoms with E-state index in [-0.39, 0.29) is 37.3 Å². The van der Waals surface area contributed by atoms with E-state index in [9.17, 15) is 18.0 Å². The Bertz CT molecular complexity index is 789. The van der Waals surface area contributed by atoms with Crippen LogP contribution in [0.5, 0.6) is 0 Å². The van der Waals surface area contributed by atoms with Gasteiger partial charge in [0.15, 0.2) is 0 Å². The zero-order chi connectivity index (χ0) is 27.6. The fourth-order valence-electron chi connectivity index (χ4n) is 4.33. The maximum Gasteiger partial charge on any atom is 0.407 e. The lowest BCUT2D eigenvalue weighted by Gasteiger charge is -2.30. The molecule has 2 rings (SSSR count). The number of hydrogen-bond acceptors (Lipinski definition) is 8. The zero-order valence-electron chi connectivity index (χ0n) is 23.1. The first-order valence-corrected chi connectivity index (χ1v) is 14.7. The van der Waals surface area contributed by atoms with E-state index in [0.717, 1.165) is 57.6 Å². The normalized spacial score (nSPS) is 25.1. The minimum atomic E-state index is -3.40. The Kier molecular flexibility index (Phi) is 13.0. The van der Waals surface area contributed by atoms with Gasteiger partial charge in [0.25, 0.3) is 10.1 Å². The molecule has 2 fully saturated rings. The van der Waals surface area contributed by atoms with Crippen molar-refractivity contribution >= 4 is 22.3 Å². The van der Waals surface area contributed by atoms with Gasteiger partial charge in [-0.1, -0.05) is 12.8 Å². The van der Waals surface area contributed by atoms with Crippen molar-refractivity contribution in [3.05, 3.63) is 0 Å². The summed E-state index contributed by atoms with van der Waals surface area (Å²) < 4.78 is 37.2. The Hall–Kier alpha value is -1.59. The largest absolute Gasteiger partial charge is 0.444 e. The number of hydrogen-bond donors (Lipinski definition) is 3. The molecule has 2 aliphatic rings. The topological polar surface area (TPSA) is 140 Å². The van der Waals surface area contributed by atoms with E-state index in [1.807, 2.05) is 41.5 Å². The van der Waals surface area contributed by atoms with Crippen LogP contribution in [0.4, 0.5) is 9.59 Å². The van der Waals surface area contributed by atoms with Crippen molar-refractivity contribution in [2.24, 2.45) is 11.8 Å². The highest BCUT2D eigenvalue weighted by atomic mass is 32.2. The number of amides is 2. The number of aliphatic hydroxyl groups excluding tert-OH is 1. The van der Waals surface area contributed by atoms with E-state index >= 15 is 0 Å². The monoisotopic (exact) mass is 536 g/mol. The lowest BCUT2D eigenvalue weighted by molar-refractivity contribution is 0.0465. The number of rotatable bonds is 6. The second kappa shape index (κ2) is 14.4. The third kappa shape index (κ3) is 16.2. The average molecular weight is 537 g/mol. The molecule has 2 saturated carbocycles. The summed E-state index contributed by atoms with van der Waals surface area (Å²) in [5, 5.41) is 14.8. The summed E-state index contributed by atoms with van der Waals surface area (Å²) in [4.78, 5) is 23.2. The lowest BCUT2D eigenvalue weighted by atomic mass is 9.86. The number of ether oxygens (including phenoxy) is 2. The smallest absolute Gasteiger partial charge is 0.407 e. The molecule has 3 N–H and O–H groups in total. The summed E-state index contributed by atoms with van der Waals surface area (Å²) in [6, 6.07) is 0.174. The van der Waals surface area contributed by atoms with E-state index < -0.39 is 27.4 Å². The summed E-state index contributed by atoms with van der Waals surface area (Å²) in [6.45, 7) is 11.4. The van der Waals surface area contributed by atoms with Gasteiger partial charge in [0, 0.05) is 18.7 Å². The molecule has 4 unspecified atom stereocenters. The van der Waals surface area contributed by atoms with E-state index in [2.05, 4.69) is 10.6 Å². The molecule has 0 radical (unpaired) electrons. The Balaban J connectivity index is 0.000000369. The number of aliphatic hydroxyl groups is 1. The Morgan fingerprint density at radius 2 is 1.22 bits per heavy atom. The van der Waals surface area contributed by atoms with Gasteiger partial charge in [0.2, 0.25) is 0 Å². The molecule has 11 heteroatoms. The van der Waals surface area contributed by atoms with E-state index in [1.54, 1.807) is 0 Å². The molecule has 10 nitrogen and oxygen atoms in total. The van der Waals surface area contributed by atoms with Gasteiger partial charge in [0.05, 0.1) is 12.9 Å².